The summed E-state index contributed by atoms with van der Waals surface area (Å²) in [6.07, 6.45) is 7.33. The van der Waals surface area contributed by atoms with E-state index in [0.29, 0.717) is 36.6 Å². The van der Waals surface area contributed by atoms with Crippen molar-refractivity contribution < 1.29 is 33.2 Å². The van der Waals surface area contributed by atoms with Gasteiger partial charge in [0.05, 0.1) is 24.6 Å². The highest BCUT2D eigenvalue weighted by atomic mass is 31.2. The Kier molecular flexibility index (Phi) is 11.0. The normalized spacial score (nSPS) is 26.0. The quantitative estimate of drug-likeness (QED) is 0.197. The summed E-state index contributed by atoms with van der Waals surface area (Å²) >= 11 is 0. The van der Waals surface area contributed by atoms with Crippen LogP contribution in [-0.4, -0.2) is 83.8 Å². The average molecular weight is 745 g/mol. The van der Waals surface area contributed by atoms with E-state index in [2.05, 4.69) is 22.8 Å². The molecule has 5 unspecified atom stereocenters. The van der Waals surface area contributed by atoms with Crippen LogP contribution in [0.5, 0.6) is 11.6 Å². The highest BCUT2D eigenvalue weighted by Crippen LogP contribution is 2.68. The summed E-state index contributed by atoms with van der Waals surface area (Å²) in [7, 11) is -1.19. The number of allylic oxidation sites excluding steroid dienone is 1. The first-order chi connectivity index (χ1) is 25.1. The maximum atomic E-state index is 14.6. The molecule has 11 nitrogen and oxygen atoms in total. The number of rotatable bonds is 6. The first-order valence-corrected chi connectivity index (χ1v) is 21.2. The van der Waals surface area contributed by atoms with Crippen LogP contribution in [0.3, 0.4) is 0 Å². The van der Waals surface area contributed by atoms with Crippen LogP contribution in [0, 0.1) is 12.8 Å². The van der Waals surface area contributed by atoms with E-state index in [0.717, 1.165) is 41.2 Å². The van der Waals surface area contributed by atoms with Crippen molar-refractivity contribution in [2.75, 3.05) is 27.0 Å². The second-order valence-electron chi connectivity index (χ2n) is 16.1. The average Bonchev–Trinajstić information content (AvgIpc) is 3.64. The number of hydrogen-bond acceptors (Lipinski definition) is 8. The summed E-state index contributed by atoms with van der Waals surface area (Å²) in [5.41, 5.74) is 1.99. The highest BCUT2D eigenvalue weighted by Gasteiger charge is 2.62. The number of benzene rings is 2. The van der Waals surface area contributed by atoms with Gasteiger partial charge in [-0.25, -0.2) is 9.78 Å². The maximum Gasteiger partial charge on any atom is 0.408 e. The number of carbonyl (C=O) groups excluding carboxylic acids is 3. The Bertz CT molecular complexity index is 1930. The summed E-state index contributed by atoms with van der Waals surface area (Å²) in [5, 5.41) is 6.74. The second-order valence-corrected chi connectivity index (χ2v) is 19.6. The van der Waals surface area contributed by atoms with E-state index >= 15 is 0 Å². The van der Waals surface area contributed by atoms with Crippen LogP contribution in [-0.2, 0) is 18.9 Å². The van der Waals surface area contributed by atoms with Gasteiger partial charge in [-0.2, -0.15) is 0 Å². The monoisotopic (exact) mass is 744 g/mol. The molecule has 284 valence electrons. The number of alkyl carbamates (subject to hydrolysis) is 1. The van der Waals surface area contributed by atoms with Crippen LogP contribution < -0.4 is 20.1 Å². The summed E-state index contributed by atoms with van der Waals surface area (Å²) in [5.74, 6) is 0.247. The number of aryl methyl sites for hydroxylation is 1. The second kappa shape index (κ2) is 15.2. The zero-order valence-electron chi connectivity index (χ0n) is 31.9. The predicted molar refractivity (Wildman–Crippen MR) is 207 cm³/mol. The molecule has 1 saturated carbocycles. The van der Waals surface area contributed by atoms with E-state index in [1.165, 1.54) is 4.90 Å². The SMILES string of the molecule is COc1ccc2c(OC3CC4C(=O)NC5(P(C)(C)=O)CC5/C=C/CCCCCC(NC(=O)OC(C)(C)C)C(=O)N4C3)nc(-c3ccc(C)cc3)cc2c1. The number of nitrogens with zero attached hydrogens (tertiary/aromatic N) is 2. The van der Waals surface area contributed by atoms with Gasteiger partial charge in [-0.3, -0.25) is 9.59 Å². The number of carbonyl (C=O) groups is 3. The minimum Gasteiger partial charge on any atom is -0.497 e. The Hall–Kier alpha value is -4.37. The van der Waals surface area contributed by atoms with E-state index in [1.807, 2.05) is 55.5 Å². The molecule has 12 heteroatoms. The van der Waals surface area contributed by atoms with E-state index in [-0.39, 0.29) is 30.7 Å². The zero-order chi connectivity index (χ0) is 38.1. The van der Waals surface area contributed by atoms with Crippen molar-refractivity contribution in [1.82, 2.24) is 20.5 Å². The molecule has 3 aromatic rings. The van der Waals surface area contributed by atoms with Crippen LogP contribution in [0.25, 0.3) is 22.0 Å². The highest BCUT2D eigenvalue weighted by molar-refractivity contribution is 7.64. The minimum absolute atomic E-state index is 0.0475. The van der Waals surface area contributed by atoms with Crippen LogP contribution in [0.2, 0.25) is 0 Å². The van der Waals surface area contributed by atoms with Gasteiger partial charge in [-0.1, -0.05) is 54.8 Å². The van der Waals surface area contributed by atoms with Gasteiger partial charge in [-0.05, 0) is 96.4 Å². The van der Waals surface area contributed by atoms with Crippen LogP contribution in [0.4, 0.5) is 4.79 Å². The Morgan fingerprint density at radius 1 is 1.06 bits per heavy atom. The number of pyridine rings is 1. The molecular formula is C41H53N4O7P. The lowest BCUT2D eigenvalue weighted by Gasteiger charge is -2.31. The number of nitrogens with one attached hydrogen (secondary N) is 2. The molecule has 1 saturated heterocycles. The molecule has 3 heterocycles. The van der Waals surface area contributed by atoms with Crippen molar-refractivity contribution >= 4 is 35.8 Å². The molecule has 0 spiro atoms. The van der Waals surface area contributed by atoms with Gasteiger partial charge in [0, 0.05) is 23.3 Å². The largest absolute Gasteiger partial charge is 0.497 e. The molecule has 2 aromatic carbocycles. The lowest BCUT2D eigenvalue weighted by Crippen LogP contribution is -2.55. The number of methoxy groups -OCH3 is 1. The van der Waals surface area contributed by atoms with Crippen LogP contribution in [0.1, 0.15) is 71.3 Å². The molecule has 3 amide bonds. The van der Waals surface area contributed by atoms with Gasteiger partial charge in [0.1, 0.15) is 36.7 Å². The fourth-order valence-corrected chi connectivity index (χ4v) is 9.38. The number of fused-ring (bicyclic) bond motifs is 3. The molecule has 53 heavy (non-hydrogen) atoms. The third kappa shape index (κ3) is 8.72. The molecule has 2 fully saturated rings. The maximum absolute atomic E-state index is 14.6. The summed E-state index contributed by atoms with van der Waals surface area (Å²) < 4.78 is 31.5. The van der Waals surface area contributed by atoms with Gasteiger partial charge in [0.25, 0.3) is 0 Å². The molecular weight excluding hydrogens is 691 g/mol. The fraction of sp³-hybridized carbons (Fsp3) is 0.512. The molecule has 5 atom stereocenters. The van der Waals surface area contributed by atoms with Gasteiger partial charge in [-0.15, -0.1) is 0 Å². The van der Waals surface area contributed by atoms with Crippen molar-refractivity contribution in [3.05, 3.63) is 66.2 Å². The predicted octanol–water partition coefficient (Wildman–Crippen LogP) is 7.44. The molecule has 1 aliphatic carbocycles. The van der Waals surface area contributed by atoms with Gasteiger partial charge in [0.15, 0.2) is 0 Å². The van der Waals surface area contributed by atoms with Crippen molar-refractivity contribution in [3.63, 3.8) is 0 Å². The van der Waals surface area contributed by atoms with Gasteiger partial charge in [0.2, 0.25) is 17.7 Å². The molecule has 2 N–H and O–H groups in total. The Morgan fingerprint density at radius 2 is 1.81 bits per heavy atom. The minimum atomic E-state index is -2.81. The number of ether oxygens (including phenoxy) is 3. The summed E-state index contributed by atoms with van der Waals surface area (Å²) in [4.78, 5) is 48.4. The number of amides is 3. The smallest absolute Gasteiger partial charge is 0.408 e. The third-order valence-corrected chi connectivity index (χ3v) is 13.0. The molecule has 2 aliphatic heterocycles. The van der Waals surface area contributed by atoms with E-state index in [1.54, 1.807) is 41.2 Å². The van der Waals surface area contributed by atoms with E-state index in [4.69, 9.17) is 19.2 Å². The fourth-order valence-electron chi connectivity index (χ4n) is 7.48. The molecule has 1 aromatic heterocycles. The van der Waals surface area contributed by atoms with E-state index < -0.39 is 42.3 Å². The first kappa shape index (κ1) is 38.4. The number of aromatic nitrogens is 1. The summed E-state index contributed by atoms with van der Waals surface area (Å²) in [6, 6.07) is 13.9. The molecule has 0 radical (unpaired) electrons. The summed E-state index contributed by atoms with van der Waals surface area (Å²) in [6.45, 7) is 10.8. The Balaban J connectivity index is 1.36. The van der Waals surface area contributed by atoms with Gasteiger partial charge < -0.3 is 34.3 Å². The van der Waals surface area contributed by atoms with Crippen LogP contribution in [0.15, 0.2) is 60.7 Å². The third-order valence-electron chi connectivity index (χ3n) is 10.5. The lowest BCUT2D eigenvalue weighted by atomic mass is 10.0. The molecule has 6 rings (SSSR count). The van der Waals surface area contributed by atoms with Crippen molar-refractivity contribution in [2.24, 2.45) is 5.92 Å². The van der Waals surface area contributed by atoms with Gasteiger partial charge >= 0.3 is 6.09 Å². The van der Waals surface area contributed by atoms with Crippen molar-refractivity contribution in [1.29, 1.82) is 0 Å². The van der Waals surface area contributed by atoms with Crippen molar-refractivity contribution in [2.45, 2.75) is 102 Å². The van der Waals surface area contributed by atoms with Crippen molar-refractivity contribution in [3.8, 4) is 22.9 Å². The first-order valence-electron chi connectivity index (χ1n) is 18.6. The Morgan fingerprint density at radius 3 is 2.51 bits per heavy atom. The molecule has 0 bridgehead atoms. The van der Waals surface area contributed by atoms with E-state index in [9.17, 15) is 18.9 Å². The standard InChI is InChI=1S/C41H53N4O7P/c1-26-15-17-27(18-16-26)34-22-28-21-30(50-5)19-20-32(28)37(42-34)51-31-23-35-36(46)44-41(53(6,7)49)24-29(41)13-11-9-8-10-12-14-33(38(47)45(35)25-31)43-39(48)52-40(2,3)4/h11,13,15-22,29,31,33,35H,8-10,12,14,23-25H2,1-7H3,(H,43,48)(H,44,46)/b13-11+. The molecule has 3 aliphatic rings. The zero-order valence-corrected chi connectivity index (χ0v) is 32.8. The Labute approximate surface area is 312 Å². The number of hydrogen-bond donors (Lipinski definition) is 2. The lowest BCUT2D eigenvalue weighted by molar-refractivity contribution is -0.140. The topological polar surface area (TPSA) is 136 Å². The van der Waals surface area contributed by atoms with Crippen LogP contribution >= 0.6 is 7.14 Å².